The van der Waals surface area contributed by atoms with Crippen LogP contribution in [0.15, 0.2) is 53.1 Å². The third kappa shape index (κ3) is 2.72. The monoisotopic (exact) mass is 323 g/mol. The number of nitrogens with zero attached hydrogens (tertiary/aromatic N) is 3. The second-order valence-corrected chi connectivity index (χ2v) is 5.88. The van der Waals surface area contributed by atoms with Crippen molar-refractivity contribution in [1.29, 1.82) is 0 Å². The number of piperazine rings is 1. The minimum atomic E-state index is -1.61. The van der Waals surface area contributed by atoms with Gasteiger partial charge in [0, 0.05) is 38.1 Å². The molecule has 2 N–H and O–H groups in total. The van der Waals surface area contributed by atoms with Crippen molar-refractivity contribution in [2.24, 2.45) is 0 Å². The molecule has 1 aromatic carbocycles. The van der Waals surface area contributed by atoms with Gasteiger partial charge in [0.15, 0.2) is 0 Å². The lowest BCUT2D eigenvalue weighted by Crippen LogP contribution is -2.46. The van der Waals surface area contributed by atoms with Gasteiger partial charge in [0.25, 0.3) is 0 Å². The molecule has 0 atom stereocenters. The zero-order valence-electron chi connectivity index (χ0n) is 13.2. The first-order chi connectivity index (χ1) is 11.7. The molecule has 7 heteroatoms. The molecule has 2 aromatic heterocycles. The van der Waals surface area contributed by atoms with Gasteiger partial charge in [0.1, 0.15) is 17.1 Å². The van der Waals surface area contributed by atoms with Crippen LogP contribution in [0.4, 0.5) is 11.5 Å². The molecule has 0 bridgehead atoms. The molecule has 0 saturated carbocycles. The average Bonchev–Trinajstić information content (AvgIpc) is 3.07. The fraction of sp³-hybridized carbons (Fsp3) is 0.235. The van der Waals surface area contributed by atoms with Gasteiger partial charge < -0.3 is 24.3 Å². The Morgan fingerprint density at radius 1 is 0.958 bits per heavy atom. The summed E-state index contributed by atoms with van der Waals surface area (Å²) in [6, 6.07) is 13.8. The van der Waals surface area contributed by atoms with E-state index in [1.54, 1.807) is 18.3 Å². The average molecular weight is 323 g/mol. The van der Waals surface area contributed by atoms with Crippen LogP contribution in [-0.2, 0) is 0 Å². The number of fused-ring (bicyclic) bond motifs is 1. The van der Waals surface area contributed by atoms with Crippen LogP contribution < -0.4 is 15.5 Å². The molecular weight excluding hydrogens is 305 g/mol. The van der Waals surface area contributed by atoms with Crippen LogP contribution in [0.5, 0.6) is 0 Å². The number of anilines is 2. The van der Waals surface area contributed by atoms with Gasteiger partial charge in [-0.15, -0.1) is 0 Å². The summed E-state index contributed by atoms with van der Waals surface area (Å²) in [5.74, 6) is 0.830. The van der Waals surface area contributed by atoms with E-state index in [1.807, 2.05) is 6.07 Å². The third-order valence-corrected chi connectivity index (χ3v) is 4.40. The number of pyridine rings is 1. The van der Waals surface area contributed by atoms with E-state index in [1.165, 1.54) is 5.69 Å². The molecular formula is C17H18BN3O3. The fourth-order valence-electron chi connectivity index (χ4n) is 3.16. The second-order valence-electron chi connectivity index (χ2n) is 5.88. The highest BCUT2D eigenvalue weighted by atomic mass is 16.4. The maximum Gasteiger partial charge on any atom is 0.526 e. The standard InChI is InChI=1S/C17H18BN3O3/c22-18(23)16-12-14-15(24-16)6-7-19-17(14)21-10-8-20(9-11-21)13-4-2-1-3-5-13/h1-7,12,22-23H,8-11H2. The molecule has 3 aromatic rings. The first-order valence-electron chi connectivity index (χ1n) is 8.02. The predicted octanol–water partition coefficient (Wildman–Crippen LogP) is 0.834. The number of furan rings is 1. The number of hydrogen-bond donors (Lipinski definition) is 2. The number of hydrogen-bond acceptors (Lipinski definition) is 6. The SMILES string of the molecule is OB(O)c1cc2c(N3CCN(c4ccccc4)CC3)nccc2o1. The Hall–Kier alpha value is -2.51. The van der Waals surface area contributed by atoms with Crippen molar-refractivity contribution in [2.45, 2.75) is 0 Å². The van der Waals surface area contributed by atoms with Gasteiger partial charge in [-0.1, -0.05) is 18.2 Å². The molecule has 0 amide bonds. The van der Waals surface area contributed by atoms with Crippen molar-refractivity contribution in [3.63, 3.8) is 0 Å². The Balaban J connectivity index is 1.56. The molecule has 1 aliphatic heterocycles. The molecule has 3 heterocycles. The molecule has 4 rings (SSSR count). The third-order valence-electron chi connectivity index (χ3n) is 4.40. The van der Waals surface area contributed by atoms with Crippen molar-refractivity contribution in [2.75, 3.05) is 36.0 Å². The zero-order valence-corrected chi connectivity index (χ0v) is 13.2. The van der Waals surface area contributed by atoms with Crippen LogP contribution in [0.1, 0.15) is 0 Å². The van der Waals surface area contributed by atoms with Gasteiger partial charge in [-0.3, -0.25) is 0 Å². The van der Waals surface area contributed by atoms with Crippen LogP contribution in [0.3, 0.4) is 0 Å². The van der Waals surface area contributed by atoms with E-state index >= 15 is 0 Å². The molecule has 1 aliphatic rings. The van der Waals surface area contributed by atoms with Crippen LogP contribution in [0, 0.1) is 0 Å². The molecule has 0 radical (unpaired) electrons. The molecule has 6 nitrogen and oxygen atoms in total. The molecule has 0 aliphatic carbocycles. The maximum absolute atomic E-state index is 9.31. The molecule has 0 unspecified atom stereocenters. The lowest BCUT2D eigenvalue weighted by Gasteiger charge is -2.36. The predicted molar refractivity (Wildman–Crippen MR) is 94.7 cm³/mol. The van der Waals surface area contributed by atoms with Gasteiger partial charge in [-0.2, -0.15) is 0 Å². The summed E-state index contributed by atoms with van der Waals surface area (Å²) in [7, 11) is -1.61. The van der Waals surface area contributed by atoms with E-state index in [0.29, 0.717) is 5.58 Å². The Bertz CT molecular complexity index is 829. The summed E-state index contributed by atoms with van der Waals surface area (Å²) in [6.07, 6.45) is 1.69. The van der Waals surface area contributed by atoms with Gasteiger partial charge in [-0.05, 0) is 24.3 Å². The second kappa shape index (κ2) is 6.18. The number of rotatable bonds is 3. The van der Waals surface area contributed by atoms with Crippen molar-refractivity contribution in [3.8, 4) is 0 Å². The summed E-state index contributed by atoms with van der Waals surface area (Å²) >= 11 is 0. The minimum absolute atomic E-state index is 0.141. The summed E-state index contributed by atoms with van der Waals surface area (Å²) in [5, 5.41) is 19.4. The van der Waals surface area contributed by atoms with Gasteiger partial charge >= 0.3 is 7.12 Å². The number of aromatic nitrogens is 1. The smallest absolute Gasteiger partial charge is 0.464 e. The Labute approximate surface area is 140 Å². The molecule has 122 valence electrons. The lowest BCUT2D eigenvalue weighted by molar-refractivity contribution is 0.412. The molecule has 1 saturated heterocycles. The lowest BCUT2D eigenvalue weighted by atomic mass is 9.88. The van der Waals surface area contributed by atoms with Gasteiger partial charge in [0.2, 0.25) is 0 Å². The van der Waals surface area contributed by atoms with E-state index in [2.05, 4.69) is 39.0 Å². The summed E-state index contributed by atoms with van der Waals surface area (Å²) in [6.45, 7) is 3.53. The summed E-state index contributed by atoms with van der Waals surface area (Å²) < 4.78 is 5.47. The molecule has 24 heavy (non-hydrogen) atoms. The van der Waals surface area contributed by atoms with Crippen LogP contribution in [-0.4, -0.2) is 48.3 Å². The molecule has 0 spiro atoms. The molecule has 1 fully saturated rings. The number of para-hydroxylation sites is 1. The minimum Gasteiger partial charge on any atom is -0.464 e. The van der Waals surface area contributed by atoms with E-state index in [-0.39, 0.29) is 5.66 Å². The van der Waals surface area contributed by atoms with Crippen LogP contribution in [0.2, 0.25) is 0 Å². The van der Waals surface area contributed by atoms with Crippen LogP contribution in [0.25, 0.3) is 11.0 Å². The summed E-state index contributed by atoms with van der Waals surface area (Å²) in [4.78, 5) is 9.05. The van der Waals surface area contributed by atoms with E-state index in [9.17, 15) is 10.0 Å². The van der Waals surface area contributed by atoms with E-state index < -0.39 is 7.12 Å². The maximum atomic E-state index is 9.31. The largest absolute Gasteiger partial charge is 0.526 e. The van der Waals surface area contributed by atoms with Crippen molar-refractivity contribution in [3.05, 3.63) is 48.7 Å². The normalized spacial score (nSPS) is 15.1. The Kier molecular flexibility index (Phi) is 3.88. The van der Waals surface area contributed by atoms with Crippen molar-refractivity contribution >= 4 is 35.3 Å². The topological polar surface area (TPSA) is 73.0 Å². The van der Waals surface area contributed by atoms with Gasteiger partial charge in [0.05, 0.1) is 5.39 Å². The van der Waals surface area contributed by atoms with E-state index in [4.69, 9.17) is 4.42 Å². The highest BCUT2D eigenvalue weighted by molar-refractivity contribution is 6.57. The van der Waals surface area contributed by atoms with Gasteiger partial charge in [-0.25, -0.2) is 4.98 Å². The Morgan fingerprint density at radius 2 is 1.67 bits per heavy atom. The quantitative estimate of drug-likeness (QED) is 0.696. The fourth-order valence-corrected chi connectivity index (χ4v) is 3.16. The number of benzene rings is 1. The first kappa shape index (κ1) is 15.0. The van der Waals surface area contributed by atoms with E-state index in [0.717, 1.165) is 37.4 Å². The first-order valence-corrected chi connectivity index (χ1v) is 8.02. The summed E-state index contributed by atoms with van der Waals surface area (Å²) in [5.41, 5.74) is 1.99. The van der Waals surface area contributed by atoms with Crippen molar-refractivity contribution < 1.29 is 14.5 Å². The highest BCUT2D eigenvalue weighted by Gasteiger charge is 2.23. The zero-order chi connectivity index (χ0) is 16.5. The van der Waals surface area contributed by atoms with Crippen LogP contribution >= 0.6 is 0 Å². The van der Waals surface area contributed by atoms with Crippen molar-refractivity contribution in [1.82, 2.24) is 4.98 Å². The Morgan fingerprint density at radius 3 is 2.38 bits per heavy atom. The highest BCUT2D eigenvalue weighted by Crippen LogP contribution is 2.26.